The summed E-state index contributed by atoms with van der Waals surface area (Å²) in [6.45, 7) is 0. The molecular weight excluding hydrogens is 381 g/mol. The number of phenols is 1. The summed E-state index contributed by atoms with van der Waals surface area (Å²) < 4.78 is 41.0. The van der Waals surface area contributed by atoms with Crippen LogP contribution in [0.5, 0.6) is 5.75 Å². The molecule has 0 spiro atoms. The highest BCUT2D eigenvalue weighted by atomic mass is 35.5. The SMILES string of the molecule is N/C(=N\O)c1cc(Cl)cc(-c2ccc(O)cc2)c1-c1cc(F)c(F)c(F)c1. The Kier molecular flexibility index (Phi) is 4.96. The summed E-state index contributed by atoms with van der Waals surface area (Å²) in [5.74, 6) is -4.72. The van der Waals surface area contributed by atoms with Crippen molar-refractivity contribution in [3.63, 3.8) is 0 Å². The number of nitrogens with zero attached hydrogens (tertiary/aromatic N) is 1. The maximum absolute atomic E-state index is 13.8. The quantitative estimate of drug-likeness (QED) is 0.195. The number of nitrogens with two attached hydrogens (primary N) is 1. The van der Waals surface area contributed by atoms with Crippen LogP contribution in [0.1, 0.15) is 5.56 Å². The van der Waals surface area contributed by atoms with E-state index in [2.05, 4.69) is 5.16 Å². The Bertz CT molecular complexity index is 1030. The zero-order valence-corrected chi connectivity index (χ0v) is 14.3. The van der Waals surface area contributed by atoms with Crippen LogP contribution in [0.2, 0.25) is 5.02 Å². The molecule has 0 saturated carbocycles. The molecule has 0 aliphatic heterocycles. The lowest BCUT2D eigenvalue weighted by atomic mass is 9.89. The van der Waals surface area contributed by atoms with Gasteiger partial charge in [0.15, 0.2) is 23.3 Å². The summed E-state index contributed by atoms with van der Waals surface area (Å²) in [5, 5.41) is 21.7. The highest BCUT2D eigenvalue weighted by Gasteiger charge is 2.20. The van der Waals surface area contributed by atoms with E-state index < -0.39 is 17.5 Å². The van der Waals surface area contributed by atoms with Crippen LogP contribution < -0.4 is 5.73 Å². The summed E-state index contributed by atoms with van der Waals surface area (Å²) in [6.07, 6.45) is 0. The number of oxime groups is 1. The van der Waals surface area contributed by atoms with Crippen LogP contribution in [0.4, 0.5) is 13.2 Å². The number of rotatable bonds is 3. The van der Waals surface area contributed by atoms with Crippen LogP contribution >= 0.6 is 11.6 Å². The van der Waals surface area contributed by atoms with E-state index >= 15 is 0 Å². The normalized spacial score (nSPS) is 11.6. The van der Waals surface area contributed by atoms with Crippen LogP contribution in [-0.4, -0.2) is 16.1 Å². The van der Waals surface area contributed by atoms with Crippen molar-refractivity contribution in [1.82, 2.24) is 0 Å². The van der Waals surface area contributed by atoms with E-state index in [4.69, 9.17) is 22.5 Å². The first kappa shape index (κ1) is 18.6. The predicted octanol–water partition coefficient (Wildman–Crippen LogP) is 4.89. The summed E-state index contributed by atoms with van der Waals surface area (Å²) in [6, 6.07) is 10.4. The van der Waals surface area contributed by atoms with Crippen molar-refractivity contribution in [3.8, 4) is 28.0 Å². The fourth-order valence-electron chi connectivity index (χ4n) is 2.74. The molecule has 4 N–H and O–H groups in total. The molecule has 0 atom stereocenters. The van der Waals surface area contributed by atoms with Crippen molar-refractivity contribution in [3.05, 3.63) is 76.6 Å². The topological polar surface area (TPSA) is 78.8 Å². The molecule has 0 saturated heterocycles. The minimum Gasteiger partial charge on any atom is -0.508 e. The Labute approximate surface area is 156 Å². The van der Waals surface area contributed by atoms with Gasteiger partial charge in [0.25, 0.3) is 0 Å². The molecule has 138 valence electrons. The first-order valence-corrected chi connectivity index (χ1v) is 7.95. The summed E-state index contributed by atoms with van der Waals surface area (Å²) in [5.41, 5.74) is 6.87. The minimum absolute atomic E-state index is 0.0119. The highest BCUT2D eigenvalue weighted by Crippen LogP contribution is 2.39. The largest absolute Gasteiger partial charge is 0.508 e. The molecule has 3 aromatic rings. The molecule has 0 aliphatic rings. The molecular formula is C19H12ClF3N2O2. The molecule has 0 fully saturated rings. The van der Waals surface area contributed by atoms with Gasteiger partial charge in [-0.1, -0.05) is 28.9 Å². The lowest BCUT2D eigenvalue weighted by Gasteiger charge is -2.16. The molecule has 4 nitrogen and oxygen atoms in total. The molecule has 3 aromatic carbocycles. The Morgan fingerprint density at radius 1 is 0.926 bits per heavy atom. The average Bonchev–Trinajstić information content (AvgIpc) is 2.65. The van der Waals surface area contributed by atoms with Gasteiger partial charge in [-0.05, 0) is 53.1 Å². The number of phenolic OH excluding ortho intramolecular Hbond substituents is 1. The van der Waals surface area contributed by atoms with E-state index in [1.54, 1.807) is 12.1 Å². The van der Waals surface area contributed by atoms with Crippen LogP contribution in [0.15, 0.2) is 53.7 Å². The van der Waals surface area contributed by atoms with E-state index in [1.165, 1.54) is 24.3 Å². The first-order chi connectivity index (χ1) is 12.8. The van der Waals surface area contributed by atoms with Gasteiger partial charge in [-0.3, -0.25) is 0 Å². The van der Waals surface area contributed by atoms with E-state index in [-0.39, 0.29) is 33.3 Å². The second-order valence-corrected chi connectivity index (χ2v) is 6.10. The van der Waals surface area contributed by atoms with Gasteiger partial charge in [0.05, 0.1) is 0 Å². The molecule has 0 aromatic heterocycles. The smallest absolute Gasteiger partial charge is 0.194 e. The third-order valence-electron chi connectivity index (χ3n) is 3.94. The van der Waals surface area contributed by atoms with Gasteiger partial charge in [0, 0.05) is 16.1 Å². The number of hydrogen-bond acceptors (Lipinski definition) is 3. The molecule has 0 amide bonds. The van der Waals surface area contributed by atoms with Gasteiger partial charge in [-0.25, -0.2) is 13.2 Å². The average molecular weight is 393 g/mol. The monoisotopic (exact) mass is 392 g/mol. The van der Waals surface area contributed by atoms with Crippen molar-refractivity contribution < 1.29 is 23.5 Å². The summed E-state index contributed by atoms with van der Waals surface area (Å²) >= 11 is 6.13. The van der Waals surface area contributed by atoms with Crippen molar-refractivity contribution in [2.75, 3.05) is 0 Å². The third kappa shape index (κ3) is 3.54. The molecule has 0 radical (unpaired) electrons. The van der Waals surface area contributed by atoms with Crippen LogP contribution in [0, 0.1) is 17.5 Å². The van der Waals surface area contributed by atoms with Crippen molar-refractivity contribution in [2.45, 2.75) is 0 Å². The molecule has 0 aliphatic carbocycles. The molecule has 0 unspecified atom stereocenters. The molecule has 27 heavy (non-hydrogen) atoms. The van der Waals surface area contributed by atoms with E-state index in [0.29, 0.717) is 11.1 Å². The Balaban J connectivity index is 2.41. The van der Waals surface area contributed by atoms with Crippen LogP contribution in [0.3, 0.4) is 0 Å². The Morgan fingerprint density at radius 3 is 2.07 bits per heavy atom. The van der Waals surface area contributed by atoms with Crippen molar-refractivity contribution in [1.29, 1.82) is 0 Å². The van der Waals surface area contributed by atoms with Gasteiger partial charge in [0.2, 0.25) is 0 Å². The van der Waals surface area contributed by atoms with Crippen LogP contribution in [0.25, 0.3) is 22.3 Å². The number of halogens is 4. The van der Waals surface area contributed by atoms with E-state index in [1.807, 2.05) is 0 Å². The zero-order chi connectivity index (χ0) is 19.7. The molecule has 0 heterocycles. The third-order valence-corrected chi connectivity index (χ3v) is 4.16. The Morgan fingerprint density at radius 2 is 1.52 bits per heavy atom. The van der Waals surface area contributed by atoms with Crippen molar-refractivity contribution in [2.24, 2.45) is 10.9 Å². The lowest BCUT2D eigenvalue weighted by molar-refractivity contribution is 0.318. The number of benzene rings is 3. The second kappa shape index (κ2) is 7.20. The fraction of sp³-hybridized carbons (Fsp3) is 0. The lowest BCUT2D eigenvalue weighted by Crippen LogP contribution is -2.15. The van der Waals surface area contributed by atoms with E-state index in [9.17, 15) is 18.3 Å². The van der Waals surface area contributed by atoms with Gasteiger partial charge >= 0.3 is 0 Å². The van der Waals surface area contributed by atoms with Gasteiger partial charge in [-0.15, -0.1) is 0 Å². The molecule has 3 rings (SSSR count). The summed E-state index contributed by atoms with van der Waals surface area (Å²) in [4.78, 5) is 0. The summed E-state index contributed by atoms with van der Waals surface area (Å²) in [7, 11) is 0. The highest BCUT2D eigenvalue weighted by molar-refractivity contribution is 6.31. The number of aromatic hydroxyl groups is 1. The molecule has 0 bridgehead atoms. The first-order valence-electron chi connectivity index (χ1n) is 7.57. The van der Waals surface area contributed by atoms with Gasteiger partial charge < -0.3 is 16.0 Å². The maximum Gasteiger partial charge on any atom is 0.194 e. The van der Waals surface area contributed by atoms with Gasteiger partial charge in [0.1, 0.15) is 5.75 Å². The predicted molar refractivity (Wildman–Crippen MR) is 96.4 cm³/mol. The maximum atomic E-state index is 13.8. The minimum atomic E-state index is -1.61. The van der Waals surface area contributed by atoms with Crippen LogP contribution in [-0.2, 0) is 0 Å². The Hall–Kier alpha value is -3.19. The van der Waals surface area contributed by atoms with Gasteiger partial charge in [-0.2, -0.15) is 0 Å². The second-order valence-electron chi connectivity index (χ2n) is 5.66. The van der Waals surface area contributed by atoms with E-state index in [0.717, 1.165) is 12.1 Å². The fourth-order valence-corrected chi connectivity index (χ4v) is 2.96. The van der Waals surface area contributed by atoms with Crippen molar-refractivity contribution >= 4 is 17.4 Å². The standard InChI is InChI=1S/C19H12ClF3N2O2/c20-11-7-13(9-1-3-12(26)4-2-9)17(14(8-11)19(24)25-27)10-5-15(21)18(23)16(22)6-10/h1-8,26-27H,(H2,24,25). The zero-order valence-electron chi connectivity index (χ0n) is 13.5. The number of hydrogen-bond donors (Lipinski definition) is 3. The molecule has 8 heteroatoms. The number of amidine groups is 1.